The number of rotatable bonds is 4. The second-order valence-electron chi connectivity index (χ2n) is 5.13. The van der Waals surface area contributed by atoms with E-state index in [2.05, 4.69) is 0 Å². The Balaban J connectivity index is 1.84. The molecule has 2 N–H and O–H groups in total. The number of hydrogen-bond acceptors (Lipinski definition) is 3. The number of aliphatic hydroxyl groups excluding tert-OH is 1. The van der Waals surface area contributed by atoms with Crippen molar-refractivity contribution in [2.75, 3.05) is 13.6 Å². The lowest BCUT2D eigenvalue weighted by molar-refractivity contribution is -0.126. The minimum Gasteiger partial charge on any atom is -0.508 e. The van der Waals surface area contributed by atoms with Gasteiger partial charge >= 0.3 is 0 Å². The molecule has 0 aliphatic heterocycles. The molecule has 4 nitrogen and oxygen atoms in total. The van der Waals surface area contributed by atoms with Gasteiger partial charge in [0.2, 0.25) is 5.91 Å². The molecule has 19 heavy (non-hydrogen) atoms. The number of hydrogen-bond donors (Lipinski definition) is 2. The number of nitrogens with zero attached hydrogens (tertiary/aromatic N) is 1. The maximum absolute atomic E-state index is 11.9. The van der Waals surface area contributed by atoms with Gasteiger partial charge in [-0.1, -0.05) is 12.1 Å². The summed E-state index contributed by atoms with van der Waals surface area (Å²) in [5.41, 5.74) is 0.874. The molecule has 1 aromatic rings. The largest absolute Gasteiger partial charge is 0.508 e. The second kappa shape index (κ2) is 5.89. The van der Waals surface area contributed by atoms with Crippen LogP contribution in [0.1, 0.15) is 18.4 Å². The van der Waals surface area contributed by atoms with Gasteiger partial charge < -0.3 is 15.1 Å². The Morgan fingerprint density at radius 3 is 2.58 bits per heavy atom. The van der Waals surface area contributed by atoms with E-state index < -0.39 is 0 Å². The van der Waals surface area contributed by atoms with Gasteiger partial charge in [0.05, 0.1) is 6.10 Å². The zero-order valence-corrected chi connectivity index (χ0v) is 11.0. The SMILES string of the molecule is CN(CC1CC(O)C1)C(=O)C=Cc1ccc(O)cc1. The first kappa shape index (κ1) is 13.6. The highest BCUT2D eigenvalue weighted by Crippen LogP contribution is 2.27. The van der Waals surface area contributed by atoms with Crippen LogP contribution < -0.4 is 0 Å². The maximum atomic E-state index is 11.9. The van der Waals surface area contributed by atoms with Crippen LogP contribution in [0.4, 0.5) is 0 Å². The fraction of sp³-hybridized carbons (Fsp3) is 0.400. The number of aromatic hydroxyl groups is 1. The first-order chi connectivity index (χ1) is 9.04. The molecule has 1 amide bonds. The Hall–Kier alpha value is -1.81. The number of carbonyl (C=O) groups excluding carboxylic acids is 1. The van der Waals surface area contributed by atoms with Crippen LogP contribution in [0.2, 0.25) is 0 Å². The zero-order valence-electron chi connectivity index (χ0n) is 11.0. The van der Waals surface area contributed by atoms with E-state index >= 15 is 0 Å². The standard InChI is InChI=1S/C15H19NO3/c1-16(10-12-8-14(18)9-12)15(19)7-4-11-2-5-13(17)6-3-11/h2-7,12,14,17-18H,8-10H2,1H3. The van der Waals surface area contributed by atoms with Crippen LogP contribution in [-0.2, 0) is 4.79 Å². The molecule has 1 fully saturated rings. The predicted octanol–water partition coefficient (Wildman–Crippen LogP) is 1.63. The van der Waals surface area contributed by atoms with Gasteiger partial charge in [-0.2, -0.15) is 0 Å². The maximum Gasteiger partial charge on any atom is 0.246 e. The fourth-order valence-corrected chi connectivity index (χ4v) is 2.21. The average Bonchev–Trinajstić information content (AvgIpc) is 2.35. The predicted molar refractivity (Wildman–Crippen MR) is 73.5 cm³/mol. The topological polar surface area (TPSA) is 60.8 Å². The summed E-state index contributed by atoms with van der Waals surface area (Å²) in [5, 5.41) is 18.4. The van der Waals surface area contributed by atoms with Crippen LogP contribution >= 0.6 is 0 Å². The molecule has 1 aromatic carbocycles. The summed E-state index contributed by atoms with van der Waals surface area (Å²) >= 11 is 0. The Bertz CT molecular complexity index is 461. The normalized spacial score (nSPS) is 22.2. The highest BCUT2D eigenvalue weighted by atomic mass is 16.3. The van der Waals surface area contributed by atoms with E-state index in [-0.39, 0.29) is 17.8 Å². The van der Waals surface area contributed by atoms with Crippen LogP contribution in [0.25, 0.3) is 6.08 Å². The molecule has 2 rings (SSSR count). The fourth-order valence-electron chi connectivity index (χ4n) is 2.21. The van der Waals surface area contributed by atoms with Crippen molar-refractivity contribution in [3.63, 3.8) is 0 Å². The first-order valence-corrected chi connectivity index (χ1v) is 6.45. The van der Waals surface area contributed by atoms with E-state index in [9.17, 15) is 9.90 Å². The van der Waals surface area contributed by atoms with E-state index in [1.807, 2.05) is 0 Å². The Kier molecular flexibility index (Phi) is 4.22. The van der Waals surface area contributed by atoms with Crippen molar-refractivity contribution in [1.82, 2.24) is 4.90 Å². The molecule has 4 heteroatoms. The monoisotopic (exact) mass is 261 g/mol. The third kappa shape index (κ3) is 3.83. The number of carbonyl (C=O) groups is 1. The number of benzene rings is 1. The van der Waals surface area contributed by atoms with Crippen molar-refractivity contribution < 1.29 is 15.0 Å². The summed E-state index contributed by atoms with van der Waals surface area (Å²) in [7, 11) is 1.77. The van der Waals surface area contributed by atoms with Gasteiger partial charge in [-0.15, -0.1) is 0 Å². The lowest BCUT2D eigenvalue weighted by atomic mass is 9.82. The molecule has 0 spiro atoms. The Morgan fingerprint density at radius 2 is 2.00 bits per heavy atom. The van der Waals surface area contributed by atoms with Crippen LogP contribution in [0.3, 0.4) is 0 Å². The lowest BCUT2D eigenvalue weighted by Gasteiger charge is -2.34. The molecular formula is C15H19NO3. The third-order valence-corrected chi connectivity index (χ3v) is 3.43. The van der Waals surface area contributed by atoms with Gasteiger partial charge in [-0.05, 0) is 42.5 Å². The summed E-state index contributed by atoms with van der Waals surface area (Å²) in [6.07, 6.45) is 4.66. The molecule has 1 aliphatic rings. The van der Waals surface area contributed by atoms with E-state index in [0.717, 1.165) is 18.4 Å². The first-order valence-electron chi connectivity index (χ1n) is 6.45. The summed E-state index contributed by atoms with van der Waals surface area (Å²) in [5.74, 6) is 0.588. The summed E-state index contributed by atoms with van der Waals surface area (Å²) in [6, 6.07) is 6.68. The third-order valence-electron chi connectivity index (χ3n) is 3.43. The number of likely N-dealkylation sites (N-methyl/N-ethyl adjacent to an activating group) is 1. The molecule has 0 unspecified atom stereocenters. The van der Waals surface area contributed by atoms with Crippen molar-refractivity contribution in [2.24, 2.45) is 5.92 Å². The van der Waals surface area contributed by atoms with Gasteiger partial charge in [0.25, 0.3) is 0 Å². The van der Waals surface area contributed by atoms with Crippen molar-refractivity contribution in [3.8, 4) is 5.75 Å². The minimum atomic E-state index is -0.180. The molecule has 0 radical (unpaired) electrons. The second-order valence-corrected chi connectivity index (χ2v) is 5.13. The average molecular weight is 261 g/mol. The smallest absolute Gasteiger partial charge is 0.246 e. The van der Waals surface area contributed by atoms with E-state index in [4.69, 9.17) is 5.11 Å². The quantitative estimate of drug-likeness (QED) is 0.810. The highest BCUT2D eigenvalue weighted by molar-refractivity contribution is 5.91. The number of phenols is 1. The van der Waals surface area contributed by atoms with Crippen molar-refractivity contribution in [1.29, 1.82) is 0 Å². The molecule has 0 saturated heterocycles. The van der Waals surface area contributed by atoms with Gasteiger partial charge in [-0.25, -0.2) is 0 Å². The van der Waals surface area contributed by atoms with Crippen LogP contribution in [0, 0.1) is 5.92 Å². The van der Waals surface area contributed by atoms with Gasteiger partial charge in [-0.3, -0.25) is 4.79 Å². The molecule has 0 atom stereocenters. The van der Waals surface area contributed by atoms with Crippen LogP contribution in [0.5, 0.6) is 5.75 Å². The van der Waals surface area contributed by atoms with E-state index in [0.29, 0.717) is 12.5 Å². The molecule has 0 aromatic heterocycles. The summed E-state index contributed by atoms with van der Waals surface area (Å²) in [6.45, 7) is 0.690. The number of amides is 1. The minimum absolute atomic E-state index is 0.0468. The Labute approximate surface area is 113 Å². The molecular weight excluding hydrogens is 242 g/mol. The zero-order chi connectivity index (χ0) is 13.8. The molecule has 1 aliphatic carbocycles. The number of phenolic OH excluding ortho intramolecular Hbond substituents is 1. The van der Waals surface area contributed by atoms with Crippen molar-refractivity contribution >= 4 is 12.0 Å². The van der Waals surface area contributed by atoms with Gasteiger partial charge in [0.15, 0.2) is 0 Å². The summed E-state index contributed by atoms with van der Waals surface area (Å²) < 4.78 is 0. The molecule has 1 saturated carbocycles. The van der Waals surface area contributed by atoms with Crippen molar-refractivity contribution in [3.05, 3.63) is 35.9 Å². The van der Waals surface area contributed by atoms with Gasteiger partial charge in [0, 0.05) is 19.7 Å². The lowest BCUT2D eigenvalue weighted by Crippen LogP contribution is -2.38. The van der Waals surface area contributed by atoms with Crippen LogP contribution in [-0.4, -0.2) is 40.7 Å². The molecule has 0 bridgehead atoms. The van der Waals surface area contributed by atoms with E-state index in [1.165, 1.54) is 6.08 Å². The highest BCUT2D eigenvalue weighted by Gasteiger charge is 2.28. The number of aliphatic hydroxyl groups is 1. The molecule has 0 heterocycles. The van der Waals surface area contributed by atoms with Gasteiger partial charge in [0.1, 0.15) is 5.75 Å². The van der Waals surface area contributed by atoms with Crippen molar-refractivity contribution in [2.45, 2.75) is 18.9 Å². The van der Waals surface area contributed by atoms with Crippen LogP contribution in [0.15, 0.2) is 30.3 Å². The van der Waals surface area contributed by atoms with E-state index in [1.54, 1.807) is 42.3 Å². The Morgan fingerprint density at radius 1 is 1.37 bits per heavy atom. The molecule has 102 valence electrons. The summed E-state index contributed by atoms with van der Waals surface area (Å²) in [4.78, 5) is 13.5.